The summed E-state index contributed by atoms with van der Waals surface area (Å²) in [5, 5.41) is 0. The molecule has 1 aromatic rings. The Hall–Kier alpha value is -2.05. The van der Waals surface area contributed by atoms with Gasteiger partial charge in [0.1, 0.15) is 6.04 Å². The van der Waals surface area contributed by atoms with Crippen LogP contribution in [0, 0.1) is 11.8 Å². The summed E-state index contributed by atoms with van der Waals surface area (Å²) in [5.74, 6) is 2.63. The van der Waals surface area contributed by atoms with Crippen LogP contribution in [0.1, 0.15) is 24.8 Å². The number of nitrogens with one attached hydrogen (secondary N) is 1. The highest BCUT2D eigenvalue weighted by atomic mass is 16.5. The Morgan fingerprint density at radius 1 is 1.24 bits per heavy atom. The second-order valence-corrected chi connectivity index (χ2v) is 9.64. The minimum absolute atomic E-state index is 0.0128. The van der Waals surface area contributed by atoms with E-state index in [9.17, 15) is 4.79 Å². The Bertz CT molecular complexity index is 974. The van der Waals surface area contributed by atoms with Gasteiger partial charge in [-0.1, -0.05) is 6.08 Å². The summed E-state index contributed by atoms with van der Waals surface area (Å²) in [6.45, 7) is 2.98. The standard InChI is InChI=1S/C23H26N2O4/c1-27-16-8-14-15(9-17(16)28-2)25-20(26)10-18-21-13-7-19-23(14,22(21)25)4-5-24(19)11-12(13)3-6-29-18/h3,8-9,13,18-19,21-22H,4-7,10-11H2,1-2H3/p+1/t13-,18-,19-,21-,22+,23+/m0/s1. The van der Waals surface area contributed by atoms with Gasteiger partial charge in [0.15, 0.2) is 11.5 Å². The number of nitrogens with zero attached hydrogens (tertiary/aromatic N) is 1. The lowest BCUT2D eigenvalue weighted by molar-refractivity contribution is -0.916. The van der Waals surface area contributed by atoms with Gasteiger partial charge in [-0.15, -0.1) is 0 Å². The number of ether oxygens (including phenoxy) is 3. The monoisotopic (exact) mass is 395 g/mol. The number of fused-ring (bicyclic) bond motifs is 2. The lowest BCUT2D eigenvalue weighted by atomic mass is 9.53. The molecule has 5 aliphatic heterocycles. The summed E-state index contributed by atoms with van der Waals surface area (Å²) in [5.41, 5.74) is 3.96. The zero-order valence-electron chi connectivity index (χ0n) is 16.9. The summed E-state index contributed by atoms with van der Waals surface area (Å²) < 4.78 is 17.6. The van der Waals surface area contributed by atoms with E-state index in [0.29, 0.717) is 36.7 Å². The van der Waals surface area contributed by atoms with Crippen molar-refractivity contribution in [1.82, 2.24) is 0 Å². The third-order valence-electron chi connectivity index (χ3n) is 9.00. The molecule has 0 aromatic heterocycles. The van der Waals surface area contributed by atoms with Gasteiger partial charge < -0.3 is 24.0 Å². The van der Waals surface area contributed by atoms with Crippen LogP contribution in [0.2, 0.25) is 0 Å². The van der Waals surface area contributed by atoms with E-state index in [1.165, 1.54) is 18.5 Å². The molecule has 6 aliphatic rings. The molecule has 1 N–H and O–H groups in total. The molecule has 3 saturated heterocycles. The van der Waals surface area contributed by atoms with E-state index in [-0.39, 0.29) is 23.5 Å². The van der Waals surface area contributed by atoms with E-state index in [1.54, 1.807) is 24.7 Å². The van der Waals surface area contributed by atoms with E-state index in [1.807, 2.05) is 0 Å². The van der Waals surface area contributed by atoms with E-state index in [4.69, 9.17) is 14.2 Å². The Morgan fingerprint density at radius 3 is 2.90 bits per heavy atom. The number of quaternary nitrogens is 1. The normalized spacial score (nSPS) is 42.9. The van der Waals surface area contributed by atoms with Crippen LogP contribution in [0.3, 0.4) is 0 Å². The average molecular weight is 395 g/mol. The van der Waals surface area contributed by atoms with Gasteiger partial charge in [-0.2, -0.15) is 0 Å². The molecule has 1 amide bonds. The van der Waals surface area contributed by atoms with Gasteiger partial charge >= 0.3 is 0 Å². The predicted octanol–water partition coefficient (Wildman–Crippen LogP) is 0.693. The van der Waals surface area contributed by atoms with Gasteiger partial charge in [0.25, 0.3) is 0 Å². The average Bonchev–Trinajstić information content (AvgIpc) is 3.20. The lowest BCUT2D eigenvalue weighted by Crippen LogP contribution is -3.16. The van der Waals surface area contributed by atoms with Gasteiger partial charge in [0.2, 0.25) is 5.91 Å². The largest absolute Gasteiger partial charge is 0.493 e. The highest BCUT2D eigenvalue weighted by molar-refractivity contribution is 5.99. The van der Waals surface area contributed by atoms with Gasteiger partial charge in [0.05, 0.1) is 63.6 Å². The van der Waals surface area contributed by atoms with Crippen LogP contribution in [0.25, 0.3) is 0 Å². The molecule has 29 heavy (non-hydrogen) atoms. The van der Waals surface area contributed by atoms with Crippen molar-refractivity contribution in [1.29, 1.82) is 0 Å². The highest BCUT2D eigenvalue weighted by Gasteiger charge is 2.73. The van der Waals surface area contributed by atoms with E-state index >= 15 is 0 Å². The van der Waals surface area contributed by atoms with Crippen molar-refractivity contribution in [3.05, 3.63) is 29.3 Å². The lowest BCUT2D eigenvalue weighted by Gasteiger charge is -2.56. The van der Waals surface area contributed by atoms with Crippen LogP contribution in [0.5, 0.6) is 11.5 Å². The Balaban J connectivity index is 1.52. The molecule has 1 unspecified atom stereocenters. The van der Waals surface area contributed by atoms with Crippen LogP contribution < -0.4 is 19.3 Å². The van der Waals surface area contributed by atoms with Crippen LogP contribution in [-0.4, -0.2) is 58.0 Å². The maximum Gasteiger partial charge on any atom is 0.229 e. The topological polar surface area (TPSA) is 52.4 Å². The first-order chi connectivity index (χ1) is 14.2. The first-order valence-corrected chi connectivity index (χ1v) is 10.9. The zero-order valence-corrected chi connectivity index (χ0v) is 16.9. The van der Waals surface area contributed by atoms with Crippen LogP contribution in [-0.2, 0) is 14.9 Å². The van der Waals surface area contributed by atoms with E-state index < -0.39 is 0 Å². The fourth-order valence-electron chi connectivity index (χ4n) is 8.09. The smallest absolute Gasteiger partial charge is 0.229 e. The van der Waals surface area contributed by atoms with Gasteiger partial charge in [-0.25, -0.2) is 0 Å². The molecule has 5 heterocycles. The van der Waals surface area contributed by atoms with Crippen LogP contribution in [0.4, 0.5) is 5.69 Å². The molecule has 6 heteroatoms. The number of hydrogen-bond donors (Lipinski definition) is 1. The molecule has 1 aliphatic carbocycles. The maximum absolute atomic E-state index is 13.5. The highest BCUT2D eigenvalue weighted by Crippen LogP contribution is 2.63. The number of rotatable bonds is 2. The number of piperidine rings is 2. The van der Waals surface area contributed by atoms with Crippen LogP contribution >= 0.6 is 0 Å². The second-order valence-electron chi connectivity index (χ2n) is 9.64. The first-order valence-electron chi connectivity index (χ1n) is 10.9. The summed E-state index contributed by atoms with van der Waals surface area (Å²) in [7, 11) is 3.37. The maximum atomic E-state index is 13.5. The molecule has 6 nitrogen and oxygen atoms in total. The summed E-state index contributed by atoms with van der Waals surface area (Å²) in [6, 6.07) is 5.00. The van der Waals surface area contributed by atoms with Crippen molar-refractivity contribution in [2.75, 3.05) is 38.8 Å². The van der Waals surface area contributed by atoms with Crippen molar-refractivity contribution in [2.24, 2.45) is 11.8 Å². The number of anilines is 1. The number of amides is 1. The molecule has 4 fully saturated rings. The first kappa shape index (κ1) is 16.7. The molecule has 0 radical (unpaired) electrons. The molecular weight excluding hydrogens is 368 g/mol. The van der Waals surface area contributed by atoms with Gasteiger partial charge in [0, 0.05) is 24.8 Å². The summed E-state index contributed by atoms with van der Waals surface area (Å²) in [4.78, 5) is 17.3. The minimum atomic E-state index is 0.0128. The van der Waals surface area contributed by atoms with Crippen molar-refractivity contribution >= 4 is 11.6 Å². The van der Waals surface area contributed by atoms with Gasteiger partial charge in [-0.3, -0.25) is 4.79 Å². The summed E-state index contributed by atoms with van der Waals surface area (Å²) >= 11 is 0. The molecule has 7 rings (SSSR count). The molecule has 1 spiro atoms. The second kappa shape index (κ2) is 5.35. The zero-order chi connectivity index (χ0) is 19.5. The fourth-order valence-corrected chi connectivity index (χ4v) is 8.09. The van der Waals surface area contributed by atoms with Crippen LogP contribution in [0.15, 0.2) is 23.8 Å². The van der Waals surface area contributed by atoms with Crippen molar-refractivity contribution in [2.45, 2.75) is 42.9 Å². The Morgan fingerprint density at radius 2 is 2.07 bits per heavy atom. The number of hydrogen-bond acceptors (Lipinski definition) is 4. The van der Waals surface area contributed by atoms with Crippen molar-refractivity contribution in [3.63, 3.8) is 0 Å². The van der Waals surface area contributed by atoms with E-state index in [2.05, 4.69) is 23.1 Å². The fraction of sp³-hybridized carbons (Fsp3) is 0.609. The van der Waals surface area contributed by atoms with Crippen molar-refractivity contribution in [3.8, 4) is 11.5 Å². The molecule has 1 aromatic carbocycles. The number of carbonyl (C=O) groups excluding carboxylic acids is 1. The quantitative estimate of drug-likeness (QED) is 0.749. The molecular formula is C23H27N2O4+. The molecule has 152 valence electrons. The third kappa shape index (κ3) is 1.76. The Labute approximate surface area is 170 Å². The number of methoxy groups -OCH3 is 2. The summed E-state index contributed by atoms with van der Waals surface area (Å²) in [6.07, 6.45) is 5.22. The minimum Gasteiger partial charge on any atom is -0.493 e. The van der Waals surface area contributed by atoms with Gasteiger partial charge in [-0.05, 0) is 23.1 Å². The third-order valence-corrected chi connectivity index (χ3v) is 9.00. The SMILES string of the molecule is COc1cc2c(cc1OC)[C@@]13CC[NH+]4CC5=CCO[C@H]6CC(=O)N2[C@@H]1[C@H]6[C@H]5C[C@H]43. The number of carbonyl (C=O) groups is 1. The molecule has 1 saturated carbocycles. The predicted molar refractivity (Wildman–Crippen MR) is 106 cm³/mol. The van der Waals surface area contributed by atoms with Crippen molar-refractivity contribution < 1.29 is 23.9 Å². The molecule has 2 bridgehead atoms. The number of benzene rings is 1. The molecule has 7 atom stereocenters. The van der Waals surface area contributed by atoms with E-state index in [0.717, 1.165) is 24.4 Å². The Kier molecular flexibility index (Phi) is 3.08.